The SMILES string of the molecule is C.COC(=N)CCCCCCCC(C)C.COC(N)=NCCCCCC(C)C.COC(N)=NCCCCCCCC(C)C. The summed E-state index contributed by atoms with van der Waals surface area (Å²) in [6.07, 6.45) is 21.2. The molecule has 5 N–H and O–H groups in total. The van der Waals surface area contributed by atoms with E-state index >= 15 is 0 Å². The van der Waals surface area contributed by atoms with Crippen LogP contribution in [0.5, 0.6) is 0 Å². The molecule has 0 aliphatic heterocycles. The van der Waals surface area contributed by atoms with E-state index < -0.39 is 0 Å². The highest BCUT2D eigenvalue weighted by atomic mass is 16.5. The highest BCUT2D eigenvalue weighted by Gasteiger charge is 1.98. The summed E-state index contributed by atoms with van der Waals surface area (Å²) in [6.45, 7) is 15.2. The first-order valence-corrected chi connectivity index (χ1v) is 16.8. The number of nitrogens with zero attached hydrogens (tertiary/aromatic N) is 2. The normalized spacial score (nSPS) is 11.3. The zero-order chi connectivity index (χ0) is 32.4. The van der Waals surface area contributed by atoms with E-state index in [0.717, 1.165) is 56.5 Å². The first kappa shape index (κ1) is 47.9. The lowest BCUT2D eigenvalue weighted by molar-refractivity contribution is 0.382. The number of nitrogens with one attached hydrogen (secondary N) is 1. The Labute approximate surface area is 269 Å². The number of unbranched alkanes of at least 4 members (excludes halogenated alkanes) is 10. The van der Waals surface area contributed by atoms with Gasteiger partial charge < -0.3 is 25.7 Å². The van der Waals surface area contributed by atoms with E-state index in [1.54, 1.807) is 14.2 Å². The lowest BCUT2D eigenvalue weighted by Gasteiger charge is -2.04. The van der Waals surface area contributed by atoms with Gasteiger partial charge in [-0.2, -0.15) is 0 Å². The molecule has 0 heterocycles. The van der Waals surface area contributed by atoms with E-state index in [-0.39, 0.29) is 7.43 Å². The summed E-state index contributed by atoms with van der Waals surface area (Å²) in [5, 5.41) is 7.29. The molecule has 0 rings (SSSR count). The van der Waals surface area contributed by atoms with E-state index in [1.807, 2.05) is 0 Å². The fourth-order valence-corrected chi connectivity index (χ4v) is 4.01. The molecule has 260 valence electrons. The van der Waals surface area contributed by atoms with Crippen molar-refractivity contribution in [3.8, 4) is 0 Å². The number of aliphatic imine (C=N–C) groups is 2. The molecular weight excluding hydrogens is 538 g/mol. The van der Waals surface area contributed by atoms with Crippen LogP contribution >= 0.6 is 0 Å². The topological polar surface area (TPSA) is 128 Å². The molecule has 0 aliphatic carbocycles. The van der Waals surface area contributed by atoms with Gasteiger partial charge in [-0.3, -0.25) is 5.41 Å². The van der Waals surface area contributed by atoms with Gasteiger partial charge in [0.05, 0.1) is 21.3 Å². The highest BCUT2D eigenvalue weighted by Crippen LogP contribution is 2.12. The van der Waals surface area contributed by atoms with Gasteiger partial charge >= 0.3 is 0 Å². The second kappa shape index (κ2) is 38.0. The molecule has 0 atom stereocenters. The Balaban J connectivity index is -0.000000263. The predicted octanol–water partition coefficient (Wildman–Crippen LogP) is 9.74. The van der Waals surface area contributed by atoms with E-state index in [1.165, 1.54) is 90.6 Å². The molecule has 0 fully saturated rings. The molecule has 0 amide bonds. The smallest absolute Gasteiger partial charge is 0.281 e. The second-order valence-electron chi connectivity index (χ2n) is 12.4. The summed E-state index contributed by atoms with van der Waals surface area (Å²) < 4.78 is 14.3. The lowest BCUT2D eigenvalue weighted by Crippen LogP contribution is -2.14. The van der Waals surface area contributed by atoms with Crippen LogP contribution in [0.4, 0.5) is 0 Å². The van der Waals surface area contributed by atoms with Crippen molar-refractivity contribution in [1.29, 1.82) is 5.41 Å². The number of ether oxygens (including phenoxy) is 3. The molecule has 0 spiro atoms. The molecule has 0 saturated heterocycles. The van der Waals surface area contributed by atoms with Crippen molar-refractivity contribution in [2.24, 2.45) is 39.2 Å². The maximum atomic E-state index is 7.29. The zero-order valence-electron chi connectivity index (χ0n) is 29.4. The zero-order valence-corrected chi connectivity index (χ0v) is 29.4. The summed E-state index contributed by atoms with van der Waals surface area (Å²) in [7, 11) is 4.66. The maximum Gasteiger partial charge on any atom is 0.281 e. The fourth-order valence-electron chi connectivity index (χ4n) is 4.01. The molecule has 0 saturated carbocycles. The lowest BCUT2D eigenvalue weighted by atomic mass is 10.0. The van der Waals surface area contributed by atoms with Gasteiger partial charge in [0, 0.05) is 19.5 Å². The predicted molar refractivity (Wildman–Crippen MR) is 191 cm³/mol. The van der Waals surface area contributed by atoms with Gasteiger partial charge in [-0.05, 0) is 37.0 Å². The summed E-state index contributed by atoms with van der Waals surface area (Å²) in [5.41, 5.74) is 10.8. The molecule has 0 bridgehead atoms. The Kier molecular flexibility index (Phi) is 42.4. The van der Waals surface area contributed by atoms with Crippen LogP contribution in [0, 0.1) is 23.2 Å². The molecule has 43 heavy (non-hydrogen) atoms. The highest BCUT2D eigenvalue weighted by molar-refractivity contribution is 5.72. The summed E-state index contributed by atoms with van der Waals surface area (Å²) in [5.74, 6) is 2.92. The Morgan fingerprint density at radius 2 is 0.814 bits per heavy atom. The molecular formula is C35H77N5O3. The minimum Gasteiger partial charge on any atom is -0.484 e. The van der Waals surface area contributed by atoms with Crippen molar-refractivity contribution in [3.63, 3.8) is 0 Å². The molecule has 0 aromatic heterocycles. The second-order valence-corrected chi connectivity index (χ2v) is 12.4. The van der Waals surface area contributed by atoms with Crippen LogP contribution in [0.2, 0.25) is 0 Å². The van der Waals surface area contributed by atoms with Gasteiger partial charge in [0.2, 0.25) is 0 Å². The van der Waals surface area contributed by atoms with Gasteiger partial charge in [0.1, 0.15) is 0 Å². The van der Waals surface area contributed by atoms with Gasteiger partial charge in [0.25, 0.3) is 12.0 Å². The monoisotopic (exact) mass is 616 g/mol. The number of rotatable bonds is 22. The quantitative estimate of drug-likeness (QED) is 0.0634. The van der Waals surface area contributed by atoms with Crippen LogP contribution in [-0.2, 0) is 14.2 Å². The Morgan fingerprint density at radius 3 is 1.14 bits per heavy atom. The third-order valence-corrected chi connectivity index (χ3v) is 6.76. The third-order valence-electron chi connectivity index (χ3n) is 6.76. The van der Waals surface area contributed by atoms with Crippen LogP contribution in [-0.4, -0.2) is 52.4 Å². The maximum absolute atomic E-state index is 7.29. The van der Waals surface area contributed by atoms with Crippen molar-refractivity contribution in [1.82, 2.24) is 0 Å². The summed E-state index contributed by atoms with van der Waals surface area (Å²) >= 11 is 0. The Bertz CT molecular complexity index is 623. The van der Waals surface area contributed by atoms with E-state index in [2.05, 4.69) is 51.5 Å². The van der Waals surface area contributed by atoms with E-state index in [0.29, 0.717) is 17.9 Å². The van der Waals surface area contributed by atoms with Crippen molar-refractivity contribution in [2.75, 3.05) is 34.4 Å². The van der Waals surface area contributed by atoms with E-state index in [4.69, 9.17) is 31.1 Å². The Morgan fingerprint density at radius 1 is 0.512 bits per heavy atom. The van der Waals surface area contributed by atoms with Crippen LogP contribution < -0.4 is 11.5 Å². The molecule has 8 heteroatoms. The minimum atomic E-state index is 0. The molecule has 0 aromatic carbocycles. The van der Waals surface area contributed by atoms with Crippen molar-refractivity contribution in [2.45, 2.75) is 158 Å². The average molecular weight is 616 g/mol. The van der Waals surface area contributed by atoms with E-state index in [9.17, 15) is 0 Å². The van der Waals surface area contributed by atoms with Gasteiger partial charge in [-0.25, -0.2) is 9.98 Å². The number of hydrogen-bond acceptors (Lipinski definition) is 6. The number of methoxy groups -OCH3 is 3. The number of hydrogen-bond donors (Lipinski definition) is 3. The molecule has 8 nitrogen and oxygen atoms in total. The van der Waals surface area contributed by atoms with Gasteiger partial charge in [-0.1, -0.05) is 132 Å². The average Bonchev–Trinajstić information content (AvgIpc) is 2.95. The van der Waals surface area contributed by atoms with Crippen LogP contribution in [0.1, 0.15) is 158 Å². The van der Waals surface area contributed by atoms with Crippen molar-refractivity contribution < 1.29 is 14.2 Å². The number of amidine groups is 2. The van der Waals surface area contributed by atoms with Crippen molar-refractivity contribution in [3.05, 3.63) is 0 Å². The first-order chi connectivity index (χ1) is 20.0. The number of nitrogens with two attached hydrogens (primary N) is 2. The van der Waals surface area contributed by atoms with Gasteiger partial charge in [0.15, 0.2) is 5.90 Å². The van der Waals surface area contributed by atoms with Gasteiger partial charge in [-0.15, -0.1) is 0 Å². The molecule has 0 aliphatic rings. The Hall–Kier alpha value is -1.99. The molecule has 0 radical (unpaired) electrons. The summed E-state index contributed by atoms with van der Waals surface area (Å²) in [4.78, 5) is 8.09. The standard InChI is InChI=1S/C12H26N2O.C12H25NO.C10H22N2O.CH4/c1-11(2)9-7-5-4-6-8-10-14-12(13)15-3;1-11(2)9-7-5-4-6-8-10-12(13)14-3;1-9(2)7-5-4-6-8-12-10(11)13-3;/h11H,4-10H2,1-3H3,(H2,13,14);11,13H,4-10H2,1-3H3;9H,4-8H2,1-3H3,(H2,11,12);1H4. The molecule has 0 aromatic rings. The summed E-state index contributed by atoms with van der Waals surface area (Å²) in [6, 6.07) is 0.596. The van der Waals surface area contributed by atoms with Crippen LogP contribution in [0.25, 0.3) is 0 Å². The largest absolute Gasteiger partial charge is 0.484 e. The van der Waals surface area contributed by atoms with Crippen molar-refractivity contribution >= 4 is 17.9 Å². The third kappa shape index (κ3) is 50.0. The van der Waals surface area contributed by atoms with Crippen LogP contribution in [0.15, 0.2) is 9.98 Å². The fraction of sp³-hybridized carbons (Fsp3) is 0.914. The van der Waals surface area contributed by atoms with Crippen LogP contribution in [0.3, 0.4) is 0 Å². The molecule has 0 unspecified atom stereocenters. The minimum absolute atomic E-state index is 0. The first-order valence-electron chi connectivity index (χ1n) is 16.8.